The fourth-order valence-corrected chi connectivity index (χ4v) is 3.21. The molecule has 0 aliphatic rings. The second-order valence-electron chi connectivity index (χ2n) is 3.85. The first-order valence-corrected chi connectivity index (χ1v) is 7.15. The highest BCUT2D eigenvalue weighted by Gasteiger charge is 2.10. The summed E-state index contributed by atoms with van der Waals surface area (Å²) >= 11 is 3.40. The molecule has 2 heterocycles. The Morgan fingerprint density at radius 1 is 1.18 bits per heavy atom. The normalized spacial score (nSPS) is 10.4. The maximum atomic E-state index is 9.12. The molecule has 1 nitrogen and oxygen atoms in total. The Labute approximate surface area is 109 Å². The van der Waals surface area contributed by atoms with Gasteiger partial charge in [0.2, 0.25) is 0 Å². The first-order valence-electron chi connectivity index (χ1n) is 5.33. The lowest BCUT2D eigenvalue weighted by atomic mass is 10.0. The third-order valence-corrected chi connectivity index (χ3v) is 4.23. The predicted octanol–water partition coefficient (Wildman–Crippen LogP) is 5.34. The van der Waals surface area contributed by atoms with Crippen LogP contribution in [0.25, 0.3) is 16.7 Å². The Morgan fingerprint density at radius 2 is 2.00 bits per heavy atom. The van der Waals surface area contributed by atoms with Crippen molar-refractivity contribution in [2.75, 3.05) is 0 Å². The summed E-state index contributed by atoms with van der Waals surface area (Å²) in [6.07, 6.45) is 1.34. The topological polar surface area (TPSA) is 20.2 Å². The molecule has 0 fully saturated rings. The van der Waals surface area contributed by atoms with Gasteiger partial charge in [-0.15, -0.1) is 11.3 Å². The average molecular weight is 262 g/mol. The van der Waals surface area contributed by atoms with Crippen LogP contribution < -0.4 is 0 Å². The highest BCUT2D eigenvalue weighted by Crippen LogP contribution is 2.35. The molecule has 2 aromatic rings. The highest BCUT2D eigenvalue weighted by atomic mass is 32.1. The van der Waals surface area contributed by atoms with Crippen molar-refractivity contribution in [2.45, 2.75) is 12.8 Å². The van der Waals surface area contributed by atoms with E-state index in [0.717, 1.165) is 12.0 Å². The summed E-state index contributed by atoms with van der Waals surface area (Å²) in [5, 5.41) is 15.4. The van der Waals surface area contributed by atoms with Crippen molar-refractivity contribution in [2.24, 2.45) is 0 Å². The molecule has 0 amide bonds. The Bertz CT molecular complexity index is 520. The van der Waals surface area contributed by atoms with Crippen molar-refractivity contribution in [3.63, 3.8) is 0 Å². The summed E-state index contributed by atoms with van der Waals surface area (Å²) in [5.41, 5.74) is 3.55. The van der Waals surface area contributed by atoms with Crippen LogP contribution in [0.15, 0.2) is 47.2 Å². The van der Waals surface area contributed by atoms with Crippen molar-refractivity contribution in [1.29, 1.82) is 0 Å². The summed E-state index contributed by atoms with van der Waals surface area (Å²) < 4.78 is 0. The fourth-order valence-electron chi connectivity index (χ4n) is 1.64. The molecule has 0 aromatic carbocycles. The zero-order chi connectivity index (χ0) is 12.3. The molecule has 2 aromatic heterocycles. The van der Waals surface area contributed by atoms with Crippen LogP contribution >= 0.6 is 22.7 Å². The lowest BCUT2D eigenvalue weighted by molar-refractivity contribution is 0.393. The number of thiophene rings is 2. The smallest absolute Gasteiger partial charge is 0.0854 e. The van der Waals surface area contributed by atoms with Crippen LogP contribution in [-0.4, -0.2) is 5.11 Å². The van der Waals surface area contributed by atoms with Crippen LogP contribution in [0.2, 0.25) is 0 Å². The van der Waals surface area contributed by atoms with E-state index in [9.17, 15) is 0 Å². The maximum absolute atomic E-state index is 9.12. The maximum Gasteiger partial charge on any atom is 0.0854 e. The largest absolute Gasteiger partial charge is 0.513 e. The van der Waals surface area contributed by atoms with E-state index in [4.69, 9.17) is 5.11 Å². The van der Waals surface area contributed by atoms with Gasteiger partial charge < -0.3 is 5.11 Å². The molecular formula is C14H14OS2. The van der Waals surface area contributed by atoms with Crippen molar-refractivity contribution in [1.82, 2.24) is 0 Å². The highest BCUT2D eigenvalue weighted by molar-refractivity contribution is 7.11. The molecule has 1 N–H and O–H groups in total. The molecule has 0 unspecified atom stereocenters. The monoisotopic (exact) mass is 262 g/mol. The lowest BCUT2D eigenvalue weighted by Gasteiger charge is -2.05. The second-order valence-corrected chi connectivity index (χ2v) is 5.54. The molecule has 0 aliphatic carbocycles. The number of hydrogen-bond donors (Lipinski definition) is 1. The molecule has 0 aliphatic heterocycles. The van der Waals surface area contributed by atoms with Crippen LogP contribution in [0.1, 0.15) is 17.7 Å². The van der Waals surface area contributed by atoms with Gasteiger partial charge in [-0.3, -0.25) is 0 Å². The number of rotatable bonds is 5. The lowest BCUT2D eigenvalue weighted by Crippen LogP contribution is -1.84. The van der Waals surface area contributed by atoms with Crippen LogP contribution in [0.5, 0.6) is 0 Å². The minimum absolute atomic E-state index is 0.222. The summed E-state index contributed by atoms with van der Waals surface area (Å²) in [5.74, 6) is 0.222. The average Bonchev–Trinajstić information content (AvgIpc) is 2.94. The van der Waals surface area contributed by atoms with Crippen molar-refractivity contribution >= 4 is 28.2 Å². The molecule has 2 rings (SSSR count). The Balaban J connectivity index is 2.19. The Morgan fingerprint density at radius 3 is 2.65 bits per heavy atom. The van der Waals surface area contributed by atoms with E-state index in [1.54, 1.807) is 22.7 Å². The van der Waals surface area contributed by atoms with E-state index in [0.29, 0.717) is 6.42 Å². The van der Waals surface area contributed by atoms with E-state index in [-0.39, 0.29) is 5.76 Å². The fraction of sp³-hybridized carbons (Fsp3) is 0.143. The van der Waals surface area contributed by atoms with E-state index in [1.807, 2.05) is 0 Å². The summed E-state index contributed by atoms with van der Waals surface area (Å²) in [7, 11) is 0. The van der Waals surface area contributed by atoms with E-state index >= 15 is 0 Å². The summed E-state index contributed by atoms with van der Waals surface area (Å²) in [6.45, 7) is 7.60. The van der Waals surface area contributed by atoms with Gasteiger partial charge in [0.1, 0.15) is 0 Å². The first kappa shape index (κ1) is 12.1. The van der Waals surface area contributed by atoms with Gasteiger partial charge in [-0.2, -0.15) is 11.3 Å². The Hall–Kier alpha value is -1.32. The third kappa shape index (κ3) is 2.87. The number of hydrogen-bond acceptors (Lipinski definition) is 3. The zero-order valence-electron chi connectivity index (χ0n) is 9.48. The van der Waals surface area contributed by atoms with Gasteiger partial charge in [0.15, 0.2) is 0 Å². The van der Waals surface area contributed by atoms with Gasteiger partial charge in [-0.25, -0.2) is 0 Å². The molecule has 0 spiro atoms. The van der Waals surface area contributed by atoms with Crippen LogP contribution in [0, 0.1) is 0 Å². The number of aliphatic hydroxyl groups is 1. The van der Waals surface area contributed by atoms with Crippen LogP contribution in [0.4, 0.5) is 0 Å². The molecular weight excluding hydrogens is 248 g/mol. The van der Waals surface area contributed by atoms with Gasteiger partial charge in [-0.1, -0.05) is 13.2 Å². The third-order valence-electron chi connectivity index (χ3n) is 2.53. The standard InChI is InChI=1S/C14H14OS2/c1-10(3-4-11(2)15)14-13(6-8-17-14)12-5-7-16-9-12/h5-9,15H,1-4H2. The van der Waals surface area contributed by atoms with Crippen molar-refractivity contribution in [3.05, 3.63) is 52.1 Å². The number of allylic oxidation sites excluding steroid dienone is 2. The molecule has 0 atom stereocenters. The van der Waals surface area contributed by atoms with Crippen LogP contribution in [-0.2, 0) is 0 Å². The molecule has 0 bridgehead atoms. The van der Waals surface area contributed by atoms with E-state index < -0.39 is 0 Å². The Kier molecular flexibility index (Phi) is 3.82. The predicted molar refractivity (Wildman–Crippen MR) is 77.7 cm³/mol. The van der Waals surface area contributed by atoms with Gasteiger partial charge >= 0.3 is 0 Å². The molecule has 3 heteroatoms. The first-order chi connectivity index (χ1) is 8.18. The minimum atomic E-state index is 0.222. The quantitative estimate of drug-likeness (QED) is 0.721. The molecule has 0 saturated heterocycles. The molecule has 0 radical (unpaired) electrons. The van der Waals surface area contributed by atoms with E-state index in [1.165, 1.54) is 16.0 Å². The number of aliphatic hydroxyl groups excluding tert-OH is 1. The van der Waals surface area contributed by atoms with Crippen LogP contribution in [0.3, 0.4) is 0 Å². The van der Waals surface area contributed by atoms with Gasteiger partial charge in [0.25, 0.3) is 0 Å². The SMILES string of the molecule is C=C(O)CCC(=C)c1sccc1-c1ccsc1. The zero-order valence-corrected chi connectivity index (χ0v) is 11.1. The molecule has 88 valence electrons. The minimum Gasteiger partial charge on any atom is -0.513 e. The van der Waals surface area contributed by atoms with Crippen molar-refractivity contribution in [3.8, 4) is 11.1 Å². The van der Waals surface area contributed by atoms with Gasteiger partial charge in [-0.05, 0) is 45.8 Å². The van der Waals surface area contributed by atoms with Crippen molar-refractivity contribution < 1.29 is 5.11 Å². The summed E-state index contributed by atoms with van der Waals surface area (Å²) in [6, 6.07) is 4.25. The molecule has 0 saturated carbocycles. The molecule has 17 heavy (non-hydrogen) atoms. The van der Waals surface area contributed by atoms with Gasteiger partial charge in [0.05, 0.1) is 5.76 Å². The second kappa shape index (κ2) is 5.34. The van der Waals surface area contributed by atoms with E-state index in [2.05, 4.69) is 41.4 Å². The van der Waals surface area contributed by atoms with Gasteiger partial charge in [0, 0.05) is 16.9 Å². The summed E-state index contributed by atoms with van der Waals surface area (Å²) in [4.78, 5) is 1.21.